The number of hydrogen-bond donors (Lipinski definition) is 2. The monoisotopic (exact) mass is 297 g/mol. The molecule has 0 saturated heterocycles. The van der Waals surface area contributed by atoms with E-state index in [2.05, 4.69) is 5.32 Å². The molecule has 1 unspecified atom stereocenters. The Labute approximate surface area is 125 Å². The SMILES string of the molecule is CCNC(C)(CCCCOc1ccc(C)c(F)c1)C(=O)O. The number of rotatable bonds is 9. The smallest absolute Gasteiger partial charge is 0.323 e. The van der Waals surface area contributed by atoms with E-state index in [-0.39, 0.29) is 5.82 Å². The molecule has 1 aromatic carbocycles. The average Bonchev–Trinajstić information content (AvgIpc) is 2.42. The van der Waals surface area contributed by atoms with Crippen molar-refractivity contribution >= 4 is 5.97 Å². The highest BCUT2D eigenvalue weighted by Gasteiger charge is 2.30. The number of carboxylic acid groups (broad SMARTS) is 1. The van der Waals surface area contributed by atoms with Gasteiger partial charge in [0, 0.05) is 6.07 Å². The number of aryl methyl sites for hydroxylation is 1. The number of benzene rings is 1. The minimum Gasteiger partial charge on any atom is -0.493 e. The summed E-state index contributed by atoms with van der Waals surface area (Å²) in [7, 11) is 0. The first kappa shape index (κ1) is 17.4. The molecule has 0 aliphatic carbocycles. The summed E-state index contributed by atoms with van der Waals surface area (Å²) in [6.45, 7) is 6.34. The van der Waals surface area contributed by atoms with Gasteiger partial charge < -0.3 is 15.2 Å². The Morgan fingerprint density at radius 2 is 2.14 bits per heavy atom. The highest BCUT2D eigenvalue weighted by Crippen LogP contribution is 2.17. The normalized spacial score (nSPS) is 13.7. The molecular formula is C16H24FNO3. The maximum atomic E-state index is 13.3. The first-order valence-corrected chi connectivity index (χ1v) is 7.26. The van der Waals surface area contributed by atoms with E-state index in [1.165, 1.54) is 6.07 Å². The molecule has 1 aromatic rings. The van der Waals surface area contributed by atoms with Crippen LogP contribution in [0.4, 0.5) is 4.39 Å². The molecule has 0 radical (unpaired) electrons. The van der Waals surface area contributed by atoms with Crippen LogP contribution in [0.3, 0.4) is 0 Å². The van der Waals surface area contributed by atoms with Crippen LogP contribution in [-0.4, -0.2) is 29.8 Å². The van der Waals surface area contributed by atoms with Crippen molar-refractivity contribution in [3.05, 3.63) is 29.6 Å². The summed E-state index contributed by atoms with van der Waals surface area (Å²) in [6, 6.07) is 4.78. The number of carboxylic acids is 1. The third kappa shape index (κ3) is 5.34. The zero-order valence-corrected chi connectivity index (χ0v) is 12.9. The van der Waals surface area contributed by atoms with Gasteiger partial charge in [-0.05, 0) is 51.3 Å². The van der Waals surface area contributed by atoms with Crippen LogP contribution in [0.1, 0.15) is 38.7 Å². The van der Waals surface area contributed by atoms with Crippen LogP contribution >= 0.6 is 0 Å². The van der Waals surface area contributed by atoms with Crippen LogP contribution in [0.5, 0.6) is 5.75 Å². The molecule has 2 N–H and O–H groups in total. The predicted octanol–water partition coefficient (Wildman–Crippen LogP) is 3.14. The number of carbonyl (C=O) groups is 1. The van der Waals surface area contributed by atoms with Gasteiger partial charge in [0.2, 0.25) is 0 Å². The summed E-state index contributed by atoms with van der Waals surface area (Å²) in [4.78, 5) is 11.2. The van der Waals surface area contributed by atoms with Gasteiger partial charge >= 0.3 is 5.97 Å². The van der Waals surface area contributed by atoms with Crippen LogP contribution in [-0.2, 0) is 4.79 Å². The first-order chi connectivity index (χ1) is 9.89. The molecular weight excluding hydrogens is 273 g/mol. The van der Waals surface area contributed by atoms with E-state index in [0.29, 0.717) is 30.9 Å². The Morgan fingerprint density at radius 1 is 1.43 bits per heavy atom. The fraction of sp³-hybridized carbons (Fsp3) is 0.562. The van der Waals surface area contributed by atoms with E-state index in [0.717, 1.165) is 12.8 Å². The van der Waals surface area contributed by atoms with Gasteiger partial charge in [-0.3, -0.25) is 4.79 Å². The van der Waals surface area contributed by atoms with Crippen LogP contribution in [0, 0.1) is 12.7 Å². The first-order valence-electron chi connectivity index (χ1n) is 7.26. The maximum absolute atomic E-state index is 13.3. The van der Waals surface area contributed by atoms with Crippen molar-refractivity contribution < 1.29 is 19.0 Å². The molecule has 21 heavy (non-hydrogen) atoms. The van der Waals surface area contributed by atoms with Crippen molar-refractivity contribution in [2.75, 3.05) is 13.2 Å². The van der Waals surface area contributed by atoms with Crippen LogP contribution < -0.4 is 10.1 Å². The molecule has 4 nitrogen and oxygen atoms in total. The molecule has 0 aromatic heterocycles. The quantitative estimate of drug-likeness (QED) is 0.688. The minimum absolute atomic E-state index is 0.280. The second-order valence-corrected chi connectivity index (χ2v) is 5.38. The average molecular weight is 297 g/mol. The largest absolute Gasteiger partial charge is 0.493 e. The lowest BCUT2D eigenvalue weighted by Crippen LogP contribution is -2.49. The van der Waals surface area contributed by atoms with E-state index >= 15 is 0 Å². The molecule has 0 heterocycles. The lowest BCUT2D eigenvalue weighted by atomic mass is 9.95. The number of aliphatic carboxylic acids is 1. The second kappa shape index (κ2) is 7.98. The molecule has 1 atom stereocenters. The van der Waals surface area contributed by atoms with Crippen molar-refractivity contribution in [3.8, 4) is 5.75 Å². The topological polar surface area (TPSA) is 58.6 Å². The summed E-state index contributed by atoms with van der Waals surface area (Å²) in [5.41, 5.74) is -0.310. The zero-order valence-electron chi connectivity index (χ0n) is 12.9. The summed E-state index contributed by atoms with van der Waals surface area (Å²) in [5.74, 6) is -0.616. The van der Waals surface area contributed by atoms with Gasteiger partial charge in [0.25, 0.3) is 0 Å². The number of likely N-dealkylation sites (N-methyl/N-ethyl adjacent to an activating group) is 1. The number of halogens is 1. The van der Waals surface area contributed by atoms with E-state index in [4.69, 9.17) is 4.74 Å². The molecule has 0 amide bonds. The lowest BCUT2D eigenvalue weighted by Gasteiger charge is -2.25. The summed E-state index contributed by atoms with van der Waals surface area (Å²) >= 11 is 0. The Kier molecular flexibility index (Phi) is 6.62. The molecule has 0 saturated carbocycles. The van der Waals surface area contributed by atoms with Gasteiger partial charge in [0.15, 0.2) is 0 Å². The van der Waals surface area contributed by atoms with Gasteiger partial charge in [-0.2, -0.15) is 0 Å². The number of ether oxygens (including phenoxy) is 1. The van der Waals surface area contributed by atoms with E-state index in [9.17, 15) is 14.3 Å². The summed E-state index contributed by atoms with van der Waals surface area (Å²) in [6.07, 6.45) is 1.98. The third-order valence-electron chi connectivity index (χ3n) is 3.52. The van der Waals surface area contributed by atoms with Crippen molar-refractivity contribution in [1.82, 2.24) is 5.32 Å². The lowest BCUT2D eigenvalue weighted by molar-refractivity contribution is -0.144. The molecule has 0 aliphatic heterocycles. The van der Waals surface area contributed by atoms with Gasteiger partial charge in [0.05, 0.1) is 6.61 Å². The van der Waals surface area contributed by atoms with E-state index < -0.39 is 11.5 Å². The Hall–Kier alpha value is -1.62. The van der Waals surface area contributed by atoms with Crippen molar-refractivity contribution in [1.29, 1.82) is 0 Å². The number of hydrogen-bond acceptors (Lipinski definition) is 3. The van der Waals surface area contributed by atoms with Gasteiger partial charge in [0.1, 0.15) is 17.1 Å². The van der Waals surface area contributed by atoms with Crippen molar-refractivity contribution in [2.24, 2.45) is 0 Å². The Morgan fingerprint density at radius 3 is 2.71 bits per heavy atom. The molecule has 0 aliphatic rings. The Balaban J connectivity index is 2.33. The summed E-state index contributed by atoms with van der Waals surface area (Å²) in [5, 5.41) is 12.2. The predicted molar refractivity (Wildman–Crippen MR) is 80.2 cm³/mol. The maximum Gasteiger partial charge on any atom is 0.323 e. The van der Waals surface area contributed by atoms with Crippen LogP contribution in [0.25, 0.3) is 0 Å². The van der Waals surface area contributed by atoms with Gasteiger partial charge in [-0.15, -0.1) is 0 Å². The highest BCUT2D eigenvalue weighted by molar-refractivity contribution is 5.78. The summed E-state index contributed by atoms with van der Waals surface area (Å²) < 4.78 is 18.8. The molecule has 0 fully saturated rings. The zero-order chi connectivity index (χ0) is 15.9. The molecule has 0 bridgehead atoms. The fourth-order valence-electron chi connectivity index (χ4n) is 2.10. The Bertz CT molecular complexity index is 479. The molecule has 0 spiro atoms. The minimum atomic E-state index is -0.898. The van der Waals surface area contributed by atoms with Crippen molar-refractivity contribution in [3.63, 3.8) is 0 Å². The number of unbranched alkanes of at least 4 members (excludes halogenated alkanes) is 1. The second-order valence-electron chi connectivity index (χ2n) is 5.38. The molecule has 5 heteroatoms. The van der Waals surface area contributed by atoms with Gasteiger partial charge in [-0.25, -0.2) is 4.39 Å². The fourth-order valence-corrected chi connectivity index (χ4v) is 2.10. The highest BCUT2D eigenvalue weighted by atomic mass is 19.1. The third-order valence-corrected chi connectivity index (χ3v) is 3.52. The standard InChI is InChI=1S/C16H24FNO3/c1-4-18-16(3,15(19)20)9-5-6-10-21-13-8-7-12(2)14(17)11-13/h7-8,11,18H,4-6,9-10H2,1-3H3,(H,19,20). The van der Waals surface area contributed by atoms with Crippen LogP contribution in [0.15, 0.2) is 18.2 Å². The number of nitrogens with one attached hydrogen (secondary N) is 1. The van der Waals surface area contributed by atoms with E-state index in [1.54, 1.807) is 26.0 Å². The van der Waals surface area contributed by atoms with Crippen molar-refractivity contribution in [2.45, 2.75) is 45.6 Å². The molecule has 118 valence electrons. The van der Waals surface area contributed by atoms with Crippen LogP contribution in [0.2, 0.25) is 0 Å². The van der Waals surface area contributed by atoms with E-state index in [1.807, 2.05) is 6.92 Å². The van der Waals surface area contributed by atoms with Gasteiger partial charge in [-0.1, -0.05) is 13.0 Å². The molecule has 1 rings (SSSR count).